The molecule has 0 saturated heterocycles. The molecule has 0 radical (unpaired) electrons. The lowest BCUT2D eigenvalue weighted by Gasteiger charge is -2.19. The highest BCUT2D eigenvalue weighted by molar-refractivity contribution is 9.10. The van der Waals surface area contributed by atoms with Crippen molar-refractivity contribution in [3.8, 4) is 0 Å². The molecular weight excluding hydrogens is 329 g/mol. The van der Waals surface area contributed by atoms with Gasteiger partial charge in [0.05, 0.1) is 10.5 Å². The molecule has 1 N–H and O–H groups in total. The highest BCUT2D eigenvalue weighted by Gasteiger charge is 2.18. The summed E-state index contributed by atoms with van der Waals surface area (Å²) in [4.78, 5) is 0. The van der Waals surface area contributed by atoms with Gasteiger partial charge in [-0.15, -0.1) is 0 Å². The summed E-state index contributed by atoms with van der Waals surface area (Å²) in [6, 6.07) is 10.8. The van der Waals surface area contributed by atoms with Gasteiger partial charge in [-0.25, -0.2) is 4.39 Å². The summed E-state index contributed by atoms with van der Waals surface area (Å²) < 4.78 is 14.7. The van der Waals surface area contributed by atoms with E-state index in [1.807, 2.05) is 38.2 Å². The van der Waals surface area contributed by atoms with E-state index in [1.54, 1.807) is 12.1 Å². The molecule has 0 aliphatic heterocycles. The summed E-state index contributed by atoms with van der Waals surface area (Å²) in [7, 11) is 1.81. The van der Waals surface area contributed by atoms with Crippen LogP contribution in [0.2, 0.25) is 5.02 Å². The summed E-state index contributed by atoms with van der Waals surface area (Å²) in [6.07, 6.45) is 0. The Morgan fingerprint density at radius 1 is 1.26 bits per heavy atom. The van der Waals surface area contributed by atoms with Gasteiger partial charge in [-0.1, -0.05) is 35.9 Å². The largest absolute Gasteiger partial charge is 0.309 e. The Labute approximate surface area is 125 Å². The van der Waals surface area contributed by atoms with Crippen LogP contribution in [0.4, 0.5) is 4.39 Å². The Hall–Kier alpha value is -0.900. The van der Waals surface area contributed by atoms with E-state index in [-0.39, 0.29) is 11.9 Å². The van der Waals surface area contributed by atoms with Crippen molar-refractivity contribution >= 4 is 27.5 Å². The van der Waals surface area contributed by atoms with E-state index in [1.165, 1.54) is 0 Å². The molecule has 0 aromatic heterocycles. The smallest absolute Gasteiger partial charge is 0.142 e. The summed E-state index contributed by atoms with van der Waals surface area (Å²) in [5.74, 6) is -0.241. The molecule has 0 saturated carbocycles. The molecule has 19 heavy (non-hydrogen) atoms. The normalized spacial score (nSPS) is 12.5. The zero-order valence-corrected chi connectivity index (χ0v) is 13.0. The summed E-state index contributed by atoms with van der Waals surface area (Å²) in [5, 5.41) is 3.86. The number of hydrogen-bond acceptors (Lipinski definition) is 1. The zero-order valence-electron chi connectivity index (χ0n) is 10.7. The van der Waals surface area contributed by atoms with E-state index in [2.05, 4.69) is 21.2 Å². The highest BCUT2D eigenvalue weighted by atomic mass is 79.9. The molecule has 0 bridgehead atoms. The number of rotatable bonds is 3. The summed E-state index contributed by atoms with van der Waals surface area (Å²) in [6.45, 7) is 1.94. The first-order valence-corrected chi connectivity index (χ1v) is 7.09. The first kappa shape index (κ1) is 14.5. The lowest BCUT2D eigenvalue weighted by atomic mass is 9.97. The van der Waals surface area contributed by atoms with Crippen LogP contribution in [-0.2, 0) is 0 Å². The van der Waals surface area contributed by atoms with Crippen LogP contribution in [0, 0.1) is 12.7 Å². The van der Waals surface area contributed by atoms with Crippen LogP contribution in [0.25, 0.3) is 0 Å². The van der Waals surface area contributed by atoms with E-state index in [0.717, 1.165) is 11.1 Å². The third-order valence-electron chi connectivity index (χ3n) is 3.10. The van der Waals surface area contributed by atoms with Gasteiger partial charge in [0.25, 0.3) is 0 Å². The van der Waals surface area contributed by atoms with Crippen LogP contribution < -0.4 is 5.32 Å². The molecule has 2 rings (SSSR count). The van der Waals surface area contributed by atoms with E-state index >= 15 is 0 Å². The molecule has 0 fully saturated rings. The van der Waals surface area contributed by atoms with Crippen molar-refractivity contribution in [3.63, 3.8) is 0 Å². The Morgan fingerprint density at radius 3 is 2.63 bits per heavy atom. The fraction of sp³-hybridized carbons (Fsp3) is 0.200. The predicted octanol–water partition coefficient (Wildman–Crippen LogP) is 4.86. The van der Waals surface area contributed by atoms with E-state index in [4.69, 9.17) is 11.6 Å². The van der Waals surface area contributed by atoms with E-state index < -0.39 is 0 Å². The molecule has 100 valence electrons. The zero-order chi connectivity index (χ0) is 14.0. The second kappa shape index (κ2) is 6.04. The van der Waals surface area contributed by atoms with Crippen LogP contribution in [-0.4, -0.2) is 7.05 Å². The minimum atomic E-state index is -0.241. The van der Waals surface area contributed by atoms with Crippen molar-refractivity contribution < 1.29 is 4.39 Å². The fourth-order valence-electron chi connectivity index (χ4n) is 2.09. The number of hydrogen-bond donors (Lipinski definition) is 1. The molecule has 2 aromatic rings. The molecule has 1 nitrogen and oxygen atoms in total. The minimum absolute atomic E-state index is 0.200. The topological polar surface area (TPSA) is 12.0 Å². The predicted molar refractivity (Wildman–Crippen MR) is 81.2 cm³/mol. The van der Waals surface area contributed by atoms with Gasteiger partial charge in [-0.3, -0.25) is 0 Å². The average molecular weight is 343 g/mol. The molecule has 4 heteroatoms. The van der Waals surface area contributed by atoms with Crippen LogP contribution in [0.3, 0.4) is 0 Å². The molecule has 0 heterocycles. The van der Waals surface area contributed by atoms with Gasteiger partial charge < -0.3 is 5.32 Å². The molecule has 0 amide bonds. The van der Waals surface area contributed by atoms with Gasteiger partial charge >= 0.3 is 0 Å². The Bertz CT molecular complexity index is 601. The van der Waals surface area contributed by atoms with Crippen LogP contribution in [0.5, 0.6) is 0 Å². The fourth-order valence-corrected chi connectivity index (χ4v) is 2.59. The maximum Gasteiger partial charge on any atom is 0.142 e. The lowest BCUT2D eigenvalue weighted by molar-refractivity contribution is 0.571. The Morgan fingerprint density at radius 2 is 2.00 bits per heavy atom. The summed E-state index contributed by atoms with van der Waals surface area (Å²) in [5.41, 5.74) is 2.58. The third-order valence-corrected chi connectivity index (χ3v) is 4.13. The van der Waals surface area contributed by atoms with Gasteiger partial charge in [-0.05, 0) is 53.2 Å². The van der Waals surface area contributed by atoms with E-state index in [0.29, 0.717) is 15.1 Å². The average Bonchev–Trinajstić information content (AvgIpc) is 2.39. The monoisotopic (exact) mass is 341 g/mol. The quantitative estimate of drug-likeness (QED) is 0.840. The Kier molecular flexibility index (Phi) is 4.61. The molecule has 0 spiro atoms. The molecule has 1 unspecified atom stereocenters. The minimum Gasteiger partial charge on any atom is -0.309 e. The first-order valence-electron chi connectivity index (χ1n) is 5.92. The third kappa shape index (κ3) is 2.99. The standard InChI is InChI=1S/C15H14BrClFN/c1-9-8-10(6-7-13(9)17)15(19-2)11-4-3-5-12(16)14(11)18/h3-8,15,19H,1-2H3. The number of benzene rings is 2. The molecular formula is C15H14BrClFN. The van der Waals surface area contributed by atoms with E-state index in [9.17, 15) is 4.39 Å². The van der Waals surface area contributed by atoms with Crippen molar-refractivity contribution in [1.82, 2.24) is 5.32 Å². The maximum atomic E-state index is 14.2. The number of halogens is 3. The van der Waals surface area contributed by atoms with Gasteiger partial charge in [0, 0.05) is 10.6 Å². The van der Waals surface area contributed by atoms with Crippen molar-refractivity contribution in [1.29, 1.82) is 0 Å². The molecule has 2 aromatic carbocycles. The Balaban J connectivity index is 2.50. The van der Waals surface area contributed by atoms with Crippen molar-refractivity contribution in [3.05, 3.63) is 68.4 Å². The molecule has 0 aliphatic carbocycles. The second-order valence-corrected chi connectivity index (χ2v) is 5.63. The number of nitrogens with one attached hydrogen (secondary N) is 1. The van der Waals surface area contributed by atoms with Gasteiger partial charge in [-0.2, -0.15) is 0 Å². The second-order valence-electron chi connectivity index (χ2n) is 4.37. The van der Waals surface area contributed by atoms with Crippen molar-refractivity contribution in [2.75, 3.05) is 7.05 Å². The number of aryl methyl sites for hydroxylation is 1. The maximum absolute atomic E-state index is 14.2. The van der Waals surface area contributed by atoms with Crippen LogP contribution >= 0.6 is 27.5 Å². The van der Waals surface area contributed by atoms with Gasteiger partial charge in [0.1, 0.15) is 5.82 Å². The van der Waals surface area contributed by atoms with Crippen molar-refractivity contribution in [2.24, 2.45) is 0 Å². The highest BCUT2D eigenvalue weighted by Crippen LogP contribution is 2.29. The van der Waals surface area contributed by atoms with Crippen LogP contribution in [0.15, 0.2) is 40.9 Å². The van der Waals surface area contributed by atoms with Gasteiger partial charge in [0.2, 0.25) is 0 Å². The summed E-state index contributed by atoms with van der Waals surface area (Å²) >= 11 is 9.25. The van der Waals surface area contributed by atoms with Crippen LogP contribution in [0.1, 0.15) is 22.7 Å². The molecule has 0 aliphatic rings. The lowest BCUT2D eigenvalue weighted by Crippen LogP contribution is -2.19. The van der Waals surface area contributed by atoms with Crippen molar-refractivity contribution in [2.45, 2.75) is 13.0 Å². The first-order chi connectivity index (χ1) is 9.04. The van der Waals surface area contributed by atoms with Gasteiger partial charge in [0.15, 0.2) is 0 Å². The molecule has 1 atom stereocenters. The SMILES string of the molecule is CNC(c1ccc(Cl)c(C)c1)c1cccc(Br)c1F.